The Morgan fingerprint density at radius 2 is 1.37 bits per heavy atom. The van der Waals surface area contributed by atoms with Gasteiger partial charge < -0.3 is 28.9 Å². The molecule has 0 aliphatic carbocycles. The molecule has 0 radical (unpaired) electrons. The minimum absolute atomic E-state index is 0.133. The predicted octanol–water partition coefficient (Wildman–Crippen LogP) is 1.57. The van der Waals surface area contributed by atoms with E-state index in [0.29, 0.717) is 45.5 Å². The Hall–Kier alpha value is -0.730. The maximum Gasteiger partial charge on any atom is 0.224 e. The maximum absolute atomic E-state index is 12.0. The molecule has 0 heterocycles. The average molecular weight is 390 g/mol. The van der Waals surface area contributed by atoms with Crippen LogP contribution in [0.1, 0.15) is 33.6 Å². The van der Waals surface area contributed by atoms with Crippen LogP contribution in [-0.4, -0.2) is 114 Å². The zero-order valence-corrected chi connectivity index (χ0v) is 18.5. The van der Waals surface area contributed by atoms with Crippen LogP contribution in [0.25, 0.3) is 0 Å². The van der Waals surface area contributed by atoms with Gasteiger partial charge in [-0.25, -0.2) is 0 Å². The van der Waals surface area contributed by atoms with E-state index in [1.54, 1.807) is 4.90 Å². The predicted molar refractivity (Wildman–Crippen MR) is 110 cm³/mol. The molecule has 0 spiro atoms. The van der Waals surface area contributed by atoms with Crippen LogP contribution in [0.3, 0.4) is 0 Å². The number of nitrogens with zero attached hydrogens (tertiary/aromatic N) is 3. The van der Waals surface area contributed by atoms with Crippen molar-refractivity contribution in [2.45, 2.75) is 39.7 Å². The summed E-state index contributed by atoms with van der Waals surface area (Å²) in [7, 11) is 6.05. The lowest BCUT2D eigenvalue weighted by Gasteiger charge is -2.23. The van der Waals surface area contributed by atoms with Gasteiger partial charge in [0, 0.05) is 26.2 Å². The summed E-state index contributed by atoms with van der Waals surface area (Å²) in [4.78, 5) is 18.3. The number of amides is 1. The van der Waals surface area contributed by atoms with Crippen molar-refractivity contribution >= 4 is 5.91 Å². The van der Waals surface area contributed by atoms with E-state index < -0.39 is 0 Å². The lowest BCUT2D eigenvalue weighted by Crippen LogP contribution is -2.33. The van der Waals surface area contributed by atoms with E-state index in [9.17, 15) is 4.79 Å². The molecule has 0 N–H and O–H groups in total. The molecular weight excluding hydrogens is 346 g/mol. The smallest absolute Gasteiger partial charge is 0.224 e. The first-order valence-electron chi connectivity index (χ1n) is 10.2. The molecule has 0 aromatic carbocycles. The van der Waals surface area contributed by atoms with E-state index in [0.717, 1.165) is 39.2 Å². The fourth-order valence-electron chi connectivity index (χ4n) is 2.21. The van der Waals surface area contributed by atoms with Gasteiger partial charge in [-0.05, 0) is 47.5 Å². The number of likely N-dealkylation sites (N-methyl/N-ethyl adjacent to an activating group) is 1. The number of carbonyl (C=O) groups is 1. The van der Waals surface area contributed by atoms with Crippen LogP contribution in [0.4, 0.5) is 0 Å². The summed E-state index contributed by atoms with van der Waals surface area (Å²) in [6.07, 6.45) is 1.41. The van der Waals surface area contributed by atoms with E-state index in [-0.39, 0.29) is 5.91 Å². The van der Waals surface area contributed by atoms with E-state index in [1.165, 1.54) is 0 Å². The first kappa shape index (κ1) is 26.3. The molecule has 0 aromatic rings. The normalized spacial score (nSPS) is 11.7. The summed E-state index contributed by atoms with van der Waals surface area (Å²) < 4.78 is 16.4. The highest BCUT2D eigenvalue weighted by Crippen LogP contribution is 1.98. The largest absolute Gasteiger partial charge is 0.379 e. The summed E-state index contributed by atoms with van der Waals surface area (Å²) in [5, 5.41) is 0. The van der Waals surface area contributed by atoms with E-state index in [2.05, 4.69) is 44.7 Å². The van der Waals surface area contributed by atoms with Crippen molar-refractivity contribution in [3.63, 3.8) is 0 Å². The van der Waals surface area contributed by atoms with Crippen LogP contribution in [0, 0.1) is 0 Å². The molecule has 0 aliphatic rings. The fraction of sp³-hybridized carbons (Fsp3) is 0.950. The Bertz CT molecular complexity index is 356. The summed E-state index contributed by atoms with van der Waals surface area (Å²) in [6.45, 7) is 13.6. The lowest BCUT2D eigenvalue weighted by atomic mass is 10.3. The Morgan fingerprint density at radius 3 is 1.93 bits per heavy atom. The first-order chi connectivity index (χ1) is 12.9. The third kappa shape index (κ3) is 16.0. The van der Waals surface area contributed by atoms with Crippen LogP contribution in [0.2, 0.25) is 0 Å². The number of hydrogen-bond acceptors (Lipinski definition) is 6. The second-order valence-electron chi connectivity index (χ2n) is 7.23. The monoisotopic (exact) mass is 389 g/mol. The van der Waals surface area contributed by atoms with Gasteiger partial charge in [0.15, 0.2) is 0 Å². The molecule has 162 valence electrons. The summed E-state index contributed by atoms with van der Waals surface area (Å²) in [5.74, 6) is 0.133. The Labute approximate surface area is 166 Å². The molecule has 7 heteroatoms. The zero-order valence-electron chi connectivity index (χ0n) is 18.5. The SMILES string of the molecule is CCN(C)CCOCCOCCOCCC(=O)N(C)CCCN(C)C(C)C. The fourth-order valence-corrected chi connectivity index (χ4v) is 2.21. The molecule has 0 rings (SSSR count). The molecule has 1 amide bonds. The minimum Gasteiger partial charge on any atom is -0.379 e. The number of rotatable bonds is 18. The number of carbonyl (C=O) groups excluding carboxylic acids is 1. The van der Waals surface area contributed by atoms with Gasteiger partial charge in [-0.1, -0.05) is 6.92 Å². The summed E-state index contributed by atoms with van der Waals surface area (Å²) in [6, 6.07) is 0.538. The third-order valence-corrected chi connectivity index (χ3v) is 4.67. The molecule has 0 fully saturated rings. The van der Waals surface area contributed by atoms with Gasteiger partial charge in [0.25, 0.3) is 0 Å². The average Bonchev–Trinajstić information content (AvgIpc) is 2.65. The molecule has 0 saturated carbocycles. The molecule has 27 heavy (non-hydrogen) atoms. The van der Waals surface area contributed by atoms with Crippen LogP contribution in [0.15, 0.2) is 0 Å². The zero-order chi connectivity index (χ0) is 20.5. The highest BCUT2D eigenvalue weighted by Gasteiger charge is 2.09. The summed E-state index contributed by atoms with van der Waals surface area (Å²) >= 11 is 0. The highest BCUT2D eigenvalue weighted by atomic mass is 16.5. The number of hydrogen-bond donors (Lipinski definition) is 0. The standard InChI is InChI=1S/C20H43N3O4/c1-7-21(4)12-14-26-16-18-27-17-15-25-13-9-20(24)23(6)11-8-10-22(5)19(2)3/h19H,7-18H2,1-6H3. The van der Waals surface area contributed by atoms with Gasteiger partial charge >= 0.3 is 0 Å². The Balaban J connectivity index is 3.42. The first-order valence-corrected chi connectivity index (χ1v) is 10.2. The van der Waals surface area contributed by atoms with Gasteiger partial charge in [-0.3, -0.25) is 4.79 Å². The summed E-state index contributed by atoms with van der Waals surface area (Å²) in [5.41, 5.74) is 0. The van der Waals surface area contributed by atoms with E-state index in [1.807, 2.05) is 7.05 Å². The van der Waals surface area contributed by atoms with Crippen molar-refractivity contribution in [2.75, 3.05) is 87.0 Å². The lowest BCUT2D eigenvalue weighted by molar-refractivity contribution is -0.131. The van der Waals surface area contributed by atoms with Crippen LogP contribution in [0.5, 0.6) is 0 Å². The van der Waals surface area contributed by atoms with Gasteiger partial charge in [0.1, 0.15) is 0 Å². The van der Waals surface area contributed by atoms with Crippen molar-refractivity contribution in [1.29, 1.82) is 0 Å². The van der Waals surface area contributed by atoms with Crippen molar-refractivity contribution in [1.82, 2.24) is 14.7 Å². The molecule has 0 bridgehead atoms. The van der Waals surface area contributed by atoms with Crippen molar-refractivity contribution in [3.8, 4) is 0 Å². The molecule has 7 nitrogen and oxygen atoms in total. The van der Waals surface area contributed by atoms with Crippen LogP contribution < -0.4 is 0 Å². The van der Waals surface area contributed by atoms with Crippen LogP contribution >= 0.6 is 0 Å². The molecular formula is C20H43N3O4. The topological polar surface area (TPSA) is 54.5 Å². The van der Waals surface area contributed by atoms with Gasteiger partial charge in [0.05, 0.1) is 46.1 Å². The molecule has 0 aliphatic heterocycles. The molecule has 0 aromatic heterocycles. The maximum atomic E-state index is 12.0. The quantitative estimate of drug-likeness (QED) is 0.332. The second-order valence-corrected chi connectivity index (χ2v) is 7.23. The second kappa shape index (κ2) is 17.4. The third-order valence-electron chi connectivity index (χ3n) is 4.67. The van der Waals surface area contributed by atoms with Gasteiger partial charge in [0.2, 0.25) is 5.91 Å². The van der Waals surface area contributed by atoms with E-state index in [4.69, 9.17) is 14.2 Å². The van der Waals surface area contributed by atoms with Crippen LogP contribution in [-0.2, 0) is 19.0 Å². The molecule has 0 atom stereocenters. The van der Waals surface area contributed by atoms with E-state index >= 15 is 0 Å². The number of ether oxygens (including phenoxy) is 3. The highest BCUT2D eigenvalue weighted by molar-refractivity contribution is 5.75. The van der Waals surface area contributed by atoms with Crippen molar-refractivity contribution in [3.05, 3.63) is 0 Å². The Kier molecular flexibility index (Phi) is 16.9. The molecule has 0 saturated heterocycles. The van der Waals surface area contributed by atoms with Crippen molar-refractivity contribution < 1.29 is 19.0 Å². The molecule has 0 unspecified atom stereocenters. The van der Waals surface area contributed by atoms with Gasteiger partial charge in [-0.2, -0.15) is 0 Å². The minimum atomic E-state index is 0.133. The Morgan fingerprint density at radius 1 is 0.815 bits per heavy atom. The van der Waals surface area contributed by atoms with Gasteiger partial charge in [-0.15, -0.1) is 0 Å². The van der Waals surface area contributed by atoms with Crippen molar-refractivity contribution in [2.24, 2.45) is 0 Å².